The highest BCUT2D eigenvalue weighted by Crippen LogP contribution is 2.64. The Morgan fingerprint density at radius 1 is 1.05 bits per heavy atom. The van der Waals surface area contributed by atoms with E-state index in [9.17, 15) is 10.2 Å². The zero-order valence-electron chi connectivity index (χ0n) is 13.9. The van der Waals surface area contributed by atoms with Gasteiger partial charge in [0, 0.05) is 6.04 Å². The minimum Gasteiger partial charge on any atom is -0.393 e. The number of hydrogen-bond donors (Lipinski definition) is 3. The maximum atomic E-state index is 10.9. The highest BCUT2D eigenvalue weighted by atomic mass is 16.3. The fraction of sp³-hybridized carbons (Fsp3) is 0.895. The van der Waals surface area contributed by atoms with E-state index in [2.05, 4.69) is 19.9 Å². The van der Waals surface area contributed by atoms with Crippen LogP contribution in [0.25, 0.3) is 0 Å². The van der Waals surface area contributed by atoms with Crippen LogP contribution in [0, 0.1) is 34.5 Å². The van der Waals surface area contributed by atoms with Crippen LogP contribution in [0.4, 0.5) is 0 Å². The van der Waals surface area contributed by atoms with Gasteiger partial charge >= 0.3 is 0 Å². The van der Waals surface area contributed by atoms with E-state index >= 15 is 0 Å². The van der Waals surface area contributed by atoms with Gasteiger partial charge < -0.3 is 15.9 Å². The normalized spacial score (nSPS) is 60.5. The molecule has 4 aliphatic rings. The van der Waals surface area contributed by atoms with Gasteiger partial charge in [-0.15, -0.1) is 0 Å². The molecule has 9 atom stereocenters. The Morgan fingerprint density at radius 2 is 1.82 bits per heavy atom. The molecule has 0 bridgehead atoms. The van der Waals surface area contributed by atoms with Crippen LogP contribution in [-0.2, 0) is 0 Å². The molecule has 0 amide bonds. The summed E-state index contributed by atoms with van der Waals surface area (Å²) in [6.07, 6.45) is 10.1. The number of fused-ring (bicyclic) bond motifs is 5. The van der Waals surface area contributed by atoms with E-state index in [0.717, 1.165) is 19.3 Å². The third-order valence-corrected chi connectivity index (χ3v) is 8.26. The third-order valence-electron chi connectivity index (χ3n) is 8.26. The molecule has 3 fully saturated rings. The van der Waals surface area contributed by atoms with Crippen LogP contribution in [0.1, 0.15) is 52.4 Å². The van der Waals surface area contributed by atoms with Gasteiger partial charge in [0.05, 0.1) is 12.2 Å². The topological polar surface area (TPSA) is 66.5 Å². The van der Waals surface area contributed by atoms with Crippen molar-refractivity contribution in [1.82, 2.24) is 0 Å². The summed E-state index contributed by atoms with van der Waals surface area (Å²) in [5.41, 5.74) is 6.82. The Morgan fingerprint density at radius 3 is 2.59 bits per heavy atom. The van der Waals surface area contributed by atoms with E-state index in [0.29, 0.717) is 29.7 Å². The standard InChI is InChI=1S/C19H31NO2/c1-18-7-5-12(21)9-11(18)10-15(22)17-13-3-4-16(20)19(13,2)8-6-14(17)18/h5,7,11-17,21-22H,3-4,6,8-10,20H2,1-2H3/t11?,12?,13-,14+,15?,16?,17-,18-,19-/m0/s1. The van der Waals surface area contributed by atoms with Gasteiger partial charge in [0.25, 0.3) is 0 Å². The molecular weight excluding hydrogens is 274 g/mol. The zero-order chi connectivity index (χ0) is 15.7. The first kappa shape index (κ1) is 15.2. The molecule has 3 nitrogen and oxygen atoms in total. The van der Waals surface area contributed by atoms with Crippen LogP contribution in [0.5, 0.6) is 0 Å². The molecule has 4 rings (SSSR count). The van der Waals surface area contributed by atoms with Crippen LogP contribution in [0.2, 0.25) is 0 Å². The van der Waals surface area contributed by atoms with Crippen LogP contribution in [0.15, 0.2) is 12.2 Å². The molecule has 0 spiro atoms. The summed E-state index contributed by atoms with van der Waals surface area (Å²) in [7, 11) is 0. The molecule has 3 heteroatoms. The maximum absolute atomic E-state index is 10.9. The summed E-state index contributed by atoms with van der Waals surface area (Å²) >= 11 is 0. The van der Waals surface area contributed by atoms with Gasteiger partial charge in [-0.2, -0.15) is 0 Å². The highest BCUT2D eigenvalue weighted by Gasteiger charge is 2.61. The Hall–Kier alpha value is -0.380. The Bertz CT molecular complexity index is 492. The average molecular weight is 305 g/mol. The van der Waals surface area contributed by atoms with Gasteiger partial charge in [-0.05, 0) is 73.0 Å². The molecule has 0 radical (unpaired) electrons. The molecule has 0 heterocycles. The van der Waals surface area contributed by atoms with Gasteiger partial charge in [0.1, 0.15) is 0 Å². The number of allylic oxidation sites excluding steroid dienone is 1. The predicted octanol–water partition coefficient (Wildman–Crippen LogP) is 2.46. The van der Waals surface area contributed by atoms with Gasteiger partial charge in [-0.1, -0.05) is 26.0 Å². The van der Waals surface area contributed by atoms with Crippen molar-refractivity contribution in [2.45, 2.75) is 70.6 Å². The van der Waals surface area contributed by atoms with Crippen molar-refractivity contribution in [3.63, 3.8) is 0 Å². The first-order chi connectivity index (χ1) is 10.4. The van der Waals surface area contributed by atoms with E-state index in [1.54, 1.807) is 0 Å². The van der Waals surface area contributed by atoms with Crippen LogP contribution in [-0.4, -0.2) is 28.5 Å². The molecule has 0 aromatic carbocycles. The molecule has 4 N–H and O–H groups in total. The lowest BCUT2D eigenvalue weighted by atomic mass is 9.45. The Balaban J connectivity index is 1.71. The quantitative estimate of drug-likeness (QED) is 0.602. The first-order valence-corrected chi connectivity index (χ1v) is 9.17. The molecule has 0 aromatic rings. The Kier molecular flexibility index (Phi) is 3.32. The Labute approximate surface area is 134 Å². The molecule has 0 aliphatic heterocycles. The fourth-order valence-corrected chi connectivity index (χ4v) is 6.80. The maximum Gasteiger partial charge on any atom is 0.0724 e. The number of aliphatic hydroxyl groups is 2. The van der Waals surface area contributed by atoms with E-state index in [-0.39, 0.29) is 23.0 Å². The summed E-state index contributed by atoms with van der Waals surface area (Å²) in [6.45, 7) is 4.74. The molecule has 124 valence electrons. The average Bonchev–Trinajstić information content (AvgIpc) is 2.77. The fourth-order valence-electron chi connectivity index (χ4n) is 6.80. The second-order valence-electron chi connectivity index (χ2n) is 9.05. The molecule has 0 aromatic heterocycles. The zero-order valence-corrected chi connectivity index (χ0v) is 13.9. The molecule has 4 aliphatic carbocycles. The smallest absolute Gasteiger partial charge is 0.0724 e. The number of nitrogens with two attached hydrogens (primary N) is 1. The summed E-state index contributed by atoms with van der Waals surface area (Å²) in [5.74, 6) is 1.94. The van der Waals surface area contributed by atoms with Gasteiger partial charge in [0.2, 0.25) is 0 Å². The monoisotopic (exact) mass is 305 g/mol. The first-order valence-electron chi connectivity index (χ1n) is 9.17. The van der Waals surface area contributed by atoms with Crippen molar-refractivity contribution in [3.05, 3.63) is 12.2 Å². The van der Waals surface area contributed by atoms with Crippen molar-refractivity contribution < 1.29 is 10.2 Å². The van der Waals surface area contributed by atoms with Gasteiger partial charge in [0.15, 0.2) is 0 Å². The van der Waals surface area contributed by atoms with E-state index in [1.807, 2.05) is 6.08 Å². The number of aliphatic hydroxyl groups excluding tert-OH is 2. The largest absolute Gasteiger partial charge is 0.393 e. The minimum atomic E-state index is -0.324. The summed E-state index contributed by atoms with van der Waals surface area (Å²) in [5, 5.41) is 20.9. The second-order valence-corrected chi connectivity index (χ2v) is 9.05. The number of rotatable bonds is 0. The molecule has 3 saturated carbocycles. The molecule has 4 unspecified atom stereocenters. The third kappa shape index (κ3) is 1.85. The summed E-state index contributed by atoms with van der Waals surface area (Å²) in [4.78, 5) is 0. The van der Waals surface area contributed by atoms with E-state index < -0.39 is 0 Å². The van der Waals surface area contributed by atoms with Crippen molar-refractivity contribution in [1.29, 1.82) is 0 Å². The minimum absolute atomic E-state index is 0.150. The lowest BCUT2D eigenvalue weighted by Crippen LogP contribution is -2.58. The molecular formula is C19H31NO2. The van der Waals surface area contributed by atoms with Crippen LogP contribution in [0.3, 0.4) is 0 Å². The lowest BCUT2D eigenvalue weighted by Gasteiger charge is -2.60. The second kappa shape index (κ2) is 4.81. The van der Waals surface area contributed by atoms with E-state index in [1.165, 1.54) is 19.3 Å². The van der Waals surface area contributed by atoms with Crippen LogP contribution < -0.4 is 5.73 Å². The summed E-state index contributed by atoms with van der Waals surface area (Å²) < 4.78 is 0. The van der Waals surface area contributed by atoms with Crippen molar-refractivity contribution in [2.75, 3.05) is 0 Å². The van der Waals surface area contributed by atoms with Crippen molar-refractivity contribution in [3.8, 4) is 0 Å². The lowest BCUT2D eigenvalue weighted by molar-refractivity contribution is -0.139. The predicted molar refractivity (Wildman–Crippen MR) is 87.0 cm³/mol. The molecule has 0 saturated heterocycles. The highest BCUT2D eigenvalue weighted by molar-refractivity contribution is 5.19. The van der Waals surface area contributed by atoms with Crippen molar-refractivity contribution >= 4 is 0 Å². The van der Waals surface area contributed by atoms with E-state index in [4.69, 9.17) is 5.73 Å². The van der Waals surface area contributed by atoms with Gasteiger partial charge in [-0.25, -0.2) is 0 Å². The molecule has 22 heavy (non-hydrogen) atoms. The summed E-state index contributed by atoms with van der Waals surface area (Å²) in [6, 6.07) is 0.305. The van der Waals surface area contributed by atoms with Gasteiger partial charge in [-0.3, -0.25) is 0 Å². The SMILES string of the molecule is C[C@]12C=CC(O)CC1CC(O)[C@@H]1[C@H]2CC[C@]2(C)C(N)CC[C@@H]12. The van der Waals surface area contributed by atoms with Crippen LogP contribution >= 0.6 is 0 Å². The van der Waals surface area contributed by atoms with Crippen molar-refractivity contribution in [2.24, 2.45) is 40.2 Å². The number of hydrogen-bond acceptors (Lipinski definition) is 3.